The van der Waals surface area contributed by atoms with Crippen LogP contribution < -0.4 is 0 Å². The highest BCUT2D eigenvalue weighted by Gasteiger charge is 2.37. The largest absolute Gasteiger partial charge is 0.416 e. The summed E-state index contributed by atoms with van der Waals surface area (Å²) in [6.07, 6.45) is -2.42. The van der Waals surface area contributed by atoms with E-state index >= 15 is 0 Å². The molecule has 2 heterocycles. The lowest BCUT2D eigenvalue weighted by molar-refractivity contribution is -0.143. The van der Waals surface area contributed by atoms with Crippen LogP contribution in [0.1, 0.15) is 29.3 Å². The Balaban J connectivity index is 2.12. The second-order valence-corrected chi connectivity index (χ2v) is 6.37. The van der Waals surface area contributed by atoms with E-state index in [-0.39, 0.29) is 28.8 Å². The molecule has 0 saturated carbocycles. The van der Waals surface area contributed by atoms with Crippen LogP contribution in [0.4, 0.5) is 26.3 Å². The maximum Gasteiger partial charge on any atom is 0.416 e. The highest BCUT2D eigenvalue weighted by molar-refractivity contribution is 6.23. The van der Waals surface area contributed by atoms with Gasteiger partial charge in [0.2, 0.25) is 0 Å². The third kappa shape index (κ3) is 5.30. The molecule has 0 unspecified atom stereocenters. The number of ketones is 1. The molecule has 0 N–H and O–H groups in total. The summed E-state index contributed by atoms with van der Waals surface area (Å²) in [5.74, 6) is -0.375. The second-order valence-electron chi connectivity index (χ2n) is 6.37. The van der Waals surface area contributed by atoms with Crippen LogP contribution in [0.2, 0.25) is 0 Å². The molecule has 1 aromatic carbocycles. The molecule has 31 heavy (non-hydrogen) atoms. The predicted octanol–water partition coefficient (Wildman–Crippen LogP) is 5.10. The van der Waals surface area contributed by atoms with E-state index in [0.29, 0.717) is 17.7 Å². The molecule has 0 spiro atoms. The molecule has 0 fully saturated rings. The topological polar surface area (TPSA) is 68.6 Å². The molecular weight excluding hydrogens is 426 g/mol. The van der Waals surface area contributed by atoms with Gasteiger partial charge in [0.05, 0.1) is 34.9 Å². The third-order valence-corrected chi connectivity index (χ3v) is 4.08. The second kappa shape index (κ2) is 8.25. The van der Waals surface area contributed by atoms with Gasteiger partial charge in [-0.3, -0.25) is 9.78 Å². The van der Waals surface area contributed by atoms with E-state index in [2.05, 4.69) is 19.9 Å². The Morgan fingerprint density at radius 1 is 0.839 bits per heavy atom. The Bertz CT molecular complexity index is 1110. The molecular formula is C20H12F6N4O. The van der Waals surface area contributed by atoms with E-state index in [1.54, 1.807) is 0 Å². The first-order valence-electron chi connectivity index (χ1n) is 8.55. The lowest BCUT2D eigenvalue weighted by Gasteiger charge is -2.14. The Morgan fingerprint density at radius 2 is 1.42 bits per heavy atom. The zero-order valence-electron chi connectivity index (χ0n) is 15.7. The molecule has 0 aliphatic heterocycles. The van der Waals surface area contributed by atoms with E-state index in [0.717, 1.165) is 6.20 Å². The van der Waals surface area contributed by atoms with Gasteiger partial charge in [0, 0.05) is 29.1 Å². The molecule has 5 nitrogen and oxygen atoms in total. The van der Waals surface area contributed by atoms with Crippen molar-refractivity contribution in [1.29, 1.82) is 0 Å². The molecule has 2 aromatic heterocycles. The smallest absolute Gasteiger partial charge is 0.294 e. The number of aromatic nitrogens is 4. The van der Waals surface area contributed by atoms with E-state index in [4.69, 9.17) is 0 Å². The fraction of sp³-hybridized carbons (Fsp3) is 0.150. The molecule has 0 saturated heterocycles. The lowest BCUT2D eigenvalue weighted by Crippen LogP contribution is -2.11. The summed E-state index contributed by atoms with van der Waals surface area (Å²) in [7, 11) is 0. The van der Waals surface area contributed by atoms with Gasteiger partial charge in [-0.15, -0.1) is 0 Å². The van der Waals surface area contributed by atoms with E-state index in [9.17, 15) is 31.1 Å². The van der Waals surface area contributed by atoms with Gasteiger partial charge in [-0.25, -0.2) is 15.0 Å². The summed E-state index contributed by atoms with van der Waals surface area (Å²) < 4.78 is 78.7. The number of halogens is 6. The maximum atomic E-state index is 13.1. The van der Waals surface area contributed by atoms with Crippen LogP contribution in [-0.2, 0) is 17.1 Å². The van der Waals surface area contributed by atoms with Crippen molar-refractivity contribution in [2.75, 3.05) is 0 Å². The zero-order valence-corrected chi connectivity index (χ0v) is 15.7. The predicted molar refractivity (Wildman–Crippen MR) is 98.1 cm³/mol. The minimum absolute atomic E-state index is 0.0317. The highest BCUT2D eigenvalue weighted by atomic mass is 19.4. The van der Waals surface area contributed by atoms with Crippen LogP contribution in [-0.4, -0.2) is 25.7 Å². The molecule has 3 aromatic rings. The van der Waals surface area contributed by atoms with Crippen LogP contribution in [0.15, 0.2) is 49.3 Å². The van der Waals surface area contributed by atoms with Gasteiger partial charge in [0.1, 0.15) is 6.33 Å². The van der Waals surface area contributed by atoms with Crippen molar-refractivity contribution in [3.63, 3.8) is 0 Å². The number of nitrogens with zero attached hydrogens (tertiary/aromatic N) is 4. The number of alkyl halides is 6. The summed E-state index contributed by atoms with van der Waals surface area (Å²) in [6, 6.07) is 1.15. The van der Waals surface area contributed by atoms with Gasteiger partial charge < -0.3 is 0 Å². The van der Waals surface area contributed by atoms with Crippen molar-refractivity contribution < 1.29 is 31.1 Å². The summed E-state index contributed by atoms with van der Waals surface area (Å²) in [4.78, 5) is 27.5. The van der Waals surface area contributed by atoms with Gasteiger partial charge in [-0.2, -0.15) is 26.3 Å². The number of carbonyl (C=O) groups excluding carboxylic acids is 1. The van der Waals surface area contributed by atoms with E-state index in [1.807, 2.05) is 0 Å². The molecule has 0 atom stereocenters. The van der Waals surface area contributed by atoms with Crippen molar-refractivity contribution in [2.24, 2.45) is 0 Å². The van der Waals surface area contributed by atoms with Crippen molar-refractivity contribution >= 4 is 17.4 Å². The fourth-order valence-corrected chi connectivity index (χ4v) is 2.67. The monoisotopic (exact) mass is 438 g/mol. The average Bonchev–Trinajstić information content (AvgIpc) is 2.71. The number of allylic oxidation sites excluding steroid dienone is 1. The summed E-state index contributed by atoms with van der Waals surface area (Å²) in [5.41, 5.74) is -3.02. The molecule has 11 heteroatoms. The minimum atomic E-state index is -4.99. The van der Waals surface area contributed by atoms with E-state index < -0.39 is 29.0 Å². The Hall–Kier alpha value is -3.63. The first kappa shape index (κ1) is 22.1. The molecule has 0 amide bonds. The quantitative estimate of drug-likeness (QED) is 0.419. The molecule has 0 aliphatic carbocycles. The van der Waals surface area contributed by atoms with Gasteiger partial charge in [0.15, 0.2) is 5.78 Å². The van der Waals surface area contributed by atoms with Crippen LogP contribution in [0.5, 0.6) is 0 Å². The number of hydrogen-bond donors (Lipinski definition) is 0. The Kier molecular flexibility index (Phi) is 5.87. The van der Waals surface area contributed by atoms with Crippen LogP contribution in [0.25, 0.3) is 22.9 Å². The van der Waals surface area contributed by atoms with Crippen LogP contribution in [0, 0.1) is 0 Å². The Morgan fingerprint density at radius 3 is 1.94 bits per heavy atom. The summed E-state index contributed by atoms with van der Waals surface area (Å²) in [6.45, 7) is 1.28. The fourth-order valence-electron chi connectivity index (χ4n) is 2.67. The molecule has 3 rings (SSSR count). The molecule has 0 radical (unpaired) electrons. The van der Waals surface area contributed by atoms with Crippen molar-refractivity contribution in [1.82, 2.24) is 19.9 Å². The number of benzene rings is 1. The molecule has 0 aliphatic rings. The zero-order chi connectivity index (χ0) is 22.8. The molecule has 0 bridgehead atoms. The van der Waals surface area contributed by atoms with E-state index in [1.165, 1.54) is 37.9 Å². The maximum absolute atomic E-state index is 13.1. The summed E-state index contributed by atoms with van der Waals surface area (Å²) in [5, 5.41) is 0. The standard InChI is InChI=1S/C20H12F6N4O/c1-11(31)17(13-6-28-10-29-7-13)5-16-8-27-9-18(30-16)12-2-14(19(21,22)23)4-15(3-12)20(24,25)26/h2-10H,1H3/b17-5-. The number of hydrogen-bond acceptors (Lipinski definition) is 5. The average molecular weight is 438 g/mol. The first-order chi connectivity index (χ1) is 14.4. The van der Waals surface area contributed by atoms with Crippen LogP contribution >= 0.6 is 0 Å². The van der Waals surface area contributed by atoms with Gasteiger partial charge in [-0.05, 0) is 31.2 Å². The first-order valence-corrected chi connectivity index (χ1v) is 8.55. The SMILES string of the molecule is CC(=O)/C(=C/c1cncc(-c2cc(C(F)(F)F)cc(C(F)(F)F)c2)n1)c1cncnc1. The Labute approximate surface area is 171 Å². The lowest BCUT2D eigenvalue weighted by atomic mass is 10.0. The van der Waals surface area contributed by atoms with Gasteiger partial charge >= 0.3 is 12.4 Å². The molecule has 160 valence electrons. The van der Waals surface area contributed by atoms with Crippen molar-refractivity contribution in [2.45, 2.75) is 19.3 Å². The third-order valence-electron chi connectivity index (χ3n) is 4.08. The van der Waals surface area contributed by atoms with Crippen molar-refractivity contribution in [3.8, 4) is 11.3 Å². The van der Waals surface area contributed by atoms with Gasteiger partial charge in [0.25, 0.3) is 0 Å². The minimum Gasteiger partial charge on any atom is -0.294 e. The summed E-state index contributed by atoms with van der Waals surface area (Å²) >= 11 is 0. The van der Waals surface area contributed by atoms with Crippen LogP contribution in [0.3, 0.4) is 0 Å². The highest BCUT2D eigenvalue weighted by Crippen LogP contribution is 2.38. The number of carbonyl (C=O) groups is 1. The van der Waals surface area contributed by atoms with Crippen molar-refractivity contribution in [3.05, 3.63) is 71.7 Å². The number of Topliss-reactive ketones (excluding diaryl/α,β-unsaturated/α-hetero) is 1. The normalized spacial score (nSPS) is 12.7. The number of rotatable bonds is 4. The van der Waals surface area contributed by atoms with Gasteiger partial charge in [-0.1, -0.05) is 0 Å².